The molecular weight excluding hydrogens is 222 g/mol. The highest BCUT2D eigenvalue weighted by atomic mass is 16.5. The molecule has 0 saturated carbocycles. The summed E-state index contributed by atoms with van der Waals surface area (Å²) >= 11 is 0. The Morgan fingerprint density at radius 3 is 2.44 bits per heavy atom. The van der Waals surface area contributed by atoms with E-state index in [1.165, 1.54) is 11.1 Å². The van der Waals surface area contributed by atoms with E-state index in [0.717, 1.165) is 19.6 Å². The molecule has 0 bridgehead atoms. The van der Waals surface area contributed by atoms with E-state index >= 15 is 0 Å². The maximum Gasteiger partial charge on any atom is 0.0678 e. The van der Waals surface area contributed by atoms with Gasteiger partial charge >= 0.3 is 0 Å². The molecule has 2 rings (SSSR count). The SMILES string of the molecule is CC(=Cc1ccccc1)CN1CC(C)OC(C)C1. The molecule has 0 spiro atoms. The molecule has 1 aliphatic rings. The van der Waals surface area contributed by atoms with Crippen molar-refractivity contribution in [1.82, 2.24) is 4.90 Å². The lowest BCUT2D eigenvalue weighted by Gasteiger charge is -2.35. The van der Waals surface area contributed by atoms with Crippen LogP contribution in [0, 0.1) is 0 Å². The Morgan fingerprint density at radius 1 is 1.22 bits per heavy atom. The van der Waals surface area contributed by atoms with Gasteiger partial charge in [-0.3, -0.25) is 4.90 Å². The number of rotatable bonds is 3. The molecule has 2 atom stereocenters. The second kappa shape index (κ2) is 6.17. The van der Waals surface area contributed by atoms with Crippen LogP contribution in [0.2, 0.25) is 0 Å². The fourth-order valence-corrected chi connectivity index (χ4v) is 2.65. The Bertz CT molecular complexity index is 389. The molecule has 1 fully saturated rings. The normalized spacial score (nSPS) is 26.3. The molecule has 0 amide bonds. The van der Waals surface area contributed by atoms with Gasteiger partial charge in [-0.25, -0.2) is 0 Å². The molecule has 0 aromatic heterocycles. The number of nitrogens with zero attached hydrogens (tertiary/aromatic N) is 1. The highest BCUT2D eigenvalue weighted by Gasteiger charge is 2.21. The zero-order chi connectivity index (χ0) is 13.0. The minimum atomic E-state index is 0.346. The van der Waals surface area contributed by atoms with Crippen molar-refractivity contribution in [3.05, 3.63) is 41.5 Å². The van der Waals surface area contributed by atoms with Gasteiger partial charge in [-0.15, -0.1) is 0 Å². The number of hydrogen-bond acceptors (Lipinski definition) is 2. The van der Waals surface area contributed by atoms with E-state index in [4.69, 9.17) is 4.74 Å². The highest BCUT2D eigenvalue weighted by molar-refractivity contribution is 5.52. The van der Waals surface area contributed by atoms with Crippen molar-refractivity contribution < 1.29 is 4.74 Å². The molecule has 0 aliphatic carbocycles. The third-order valence-electron chi connectivity index (χ3n) is 3.18. The van der Waals surface area contributed by atoms with Crippen LogP contribution in [0.15, 0.2) is 35.9 Å². The van der Waals surface area contributed by atoms with Gasteiger partial charge in [0.1, 0.15) is 0 Å². The van der Waals surface area contributed by atoms with Gasteiger partial charge < -0.3 is 4.74 Å². The van der Waals surface area contributed by atoms with Crippen LogP contribution in [0.4, 0.5) is 0 Å². The van der Waals surface area contributed by atoms with Crippen molar-refractivity contribution in [2.45, 2.75) is 33.0 Å². The maximum atomic E-state index is 5.76. The maximum absolute atomic E-state index is 5.76. The topological polar surface area (TPSA) is 12.5 Å². The van der Waals surface area contributed by atoms with Gasteiger partial charge in [-0.05, 0) is 26.3 Å². The largest absolute Gasteiger partial charge is 0.373 e. The Labute approximate surface area is 110 Å². The molecule has 2 nitrogen and oxygen atoms in total. The van der Waals surface area contributed by atoms with Crippen LogP contribution in [0.25, 0.3) is 6.08 Å². The zero-order valence-corrected chi connectivity index (χ0v) is 11.6. The van der Waals surface area contributed by atoms with Crippen molar-refractivity contribution in [2.24, 2.45) is 0 Å². The van der Waals surface area contributed by atoms with Crippen molar-refractivity contribution in [2.75, 3.05) is 19.6 Å². The molecule has 1 heterocycles. The molecule has 18 heavy (non-hydrogen) atoms. The first-order valence-corrected chi connectivity index (χ1v) is 6.73. The molecular formula is C16H23NO. The summed E-state index contributed by atoms with van der Waals surface area (Å²) in [5.41, 5.74) is 2.69. The van der Waals surface area contributed by atoms with Crippen molar-refractivity contribution in [3.8, 4) is 0 Å². The number of benzene rings is 1. The van der Waals surface area contributed by atoms with E-state index in [0.29, 0.717) is 12.2 Å². The summed E-state index contributed by atoms with van der Waals surface area (Å²) in [7, 11) is 0. The van der Waals surface area contributed by atoms with E-state index in [2.05, 4.69) is 62.1 Å². The van der Waals surface area contributed by atoms with E-state index < -0.39 is 0 Å². The van der Waals surface area contributed by atoms with Gasteiger partial charge in [0.25, 0.3) is 0 Å². The molecule has 0 radical (unpaired) electrons. The summed E-state index contributed by atoms with van der Waals surface area (Å²) in [6.07, 6.45) is 2.96. The zero-order valence-electron chi connectivity index (χ0n) is 11.6. The number of ether oxygens (including phenoxy) is 1. The van der Waals surface area contributed by atoms with Gasteiger partial charge in [0.15, 0.2) is 0 Å². The first-order valence-electron chi connectivity index (χ1n) is 6.73. The van der Waals surface area contributed by atoms with Gasteiger partial charge in [0, 0.05) is 19.6 Å². The summed E-state index contributed by atoms with van der Waals surface area (Å²) in [6, 6.07) is 10.5. The lowest BCUT2D eigenvalue weighted by molar-refractivity contribution is -0.0652. The second-order valence-corrected chi connectivity index (χ2v) is 5.35. The average molecular weight is 245 g/mol. The van der Waals surface area contributed by atoms with Crippen molar-refractivity contribution in [1.29, 1.82) is 0 Å². The summed E-state index contributed by atoms with van der Waals surface area (Å²) < 4.78 is 5.76. The smallest absolute Gasteiger partial charge is 0.0678 e. The predicted octanol–water partition coefficient (Wildman–Crippen LogP) is 3.20. The van der Waals surface area contributed by atoms with Crippen LogP contribution in [-0.2, 0) is 4.74 Å². The molecule has 98 valence electrons. The minimum absolute atomic E-state index is 0.346. The predicted molar refractivity (Wildman–Crippen MR) is 76.5 cm³/mol. The number of hydrogen-bond donors (Lipinski definition) is 0. The lowest BCUT2D eigenvalue weighted by atomic mass is 10.1. The van der Waals surface area contributed by atoms with Crippen LogP contribution in [-0.4, -0.2) is 36.7 Å². The van der Waals surface area contributed by atoms with E-state index in [9.17, 15) is 0 Å². The van der Waals surface area contributed by atoms with Crippen LogP contribution in [0.1, 0.15) is 26.3 Å². The third-order valence-corrected chi connectivity index (χ3v) is 3.18. The molecule has 1 saturated heterocycles. The Kier molecular flexibility index (Phi) is 4.56. The standard InChI is InChI=1S/C16H23NO/c1-13(9-16-7-5-4-6-8-16)10-17-11-14(2)18-15(3)12-17/h4-9,14-15H,10-12H2,1-3H3. The molecule has 1 aromatic carbocycles. The lowest BCUT2D eigenvalue weighted by Crippen LogP contribution is -2.45. The molecule has 2 unspecified atom stereocenters. The number of morpholine rings is 1. The Hall–Kier alpha value is -1.12. The van der Waals surface area contributed by atoms with Gasteiger partial charge in [-0.2, -0.15) is 0 Å². The van der Waals surface area contributed by atoms with Crippen molar-refractivity contribution in [3.63, 3.8) is 0 Å². The molecule has 0 N–H and O–H groups in total. The van der Waals surface area contributed by atoms with Crippen LogP contribution in [0.5, 0.6) is 0 Å². The first kappa shape index (κ1) is 13.3. The monoisotopic (exact) mass is 245 g/mol. The Balaban J connectivity index is 1.94. The molecule has 2 heteroatoms. The van der Waals surface area contributed by atoms with Crippen molar-refractivity contribution >= 4 is 6.08 Å². The van der Waals surface area contributed by atoms with Gasteiger partial charge in [0.05, 0.1) is 12.2 Å². The van der Waals surface area contributed by atoms with Gasteiger partial charge in [0.2, 0.25) is 0 Å². The first-order chi connectivity index (χ1) is 8.63. The van der Waals surface area contributed by atoms with E-state index in [-0.39, 0.29) is 0 Å². The fraction of sp³-hybridized carbons (Fsp3) is 0.500. The van der Waals surface area contributed by atoms with Crippen LogP contribution >= 0.6 is 0 Å². The van der Waals surface area contributed by atoms with E-state index in [1.807, 2.05) is 0 Å². The van der Waals surface area contributed by atoms with Crippen LogP contribution in [0.3, 0.4) is 0 Å². The van der Waals surface area contributed by atoms with Gasteiger partial charge in [-0.1, -0.05) is 42.0 Å². The highest BCUT2D eigenvalue weighted by Crippen LogP contribution is 2.13. The Morgan fingerprint density at radius 2 is 1.83 bits per heavy atom. The summed E-state index contributed by atoms with van der Waals surface area (Å²) in [5.74, 6) is 0. The average Bonchev–Trinajstić information content (AvgIpc) is 2.28. The van der Waals surface area contributed by atoms with Crippen LogP contribution < -0.4 is 0 Å². The van der Waals surface area contributed by atoms with E-state index in [1.54, 1.807) is 0 Å². The molecule has 1 aliphatic heterocycles. The second-order valence-electron chi connectivity index (χ2n) is 5.35. The fourth-order valence-electron chi connectivity index (χ4n) is 2.65. The molecule has 1 aromatic rings. The summed E-state index contributed by atoms with van der Waals surface area (Å²) in [6.45, 7) is 9.61. The summed E-state index contributed by atoms with van der Waals surface area (Å²) in [4.78, 5) is 2.48. The quantitative estimate of drug-likeness (QED) is 0.811. The minimum Gasteiger partial charge on any atom is -0.373 e. The third kappa shape index (κ3) is 3.97. The summed E-state index contributed by atoms with van der Waals surface area (Å²) in [5, 5.41) is 0.